The Morgan fingerprint density at radius 2 is 1.84 bits per heavy atom. The minimum atomic E-state index is -0.606. The van der Waals surface area contributed by atoms with Crippen LogP contribution in [-0.2, 0) is 29.0 Å². The van der Waals surface area contributed by atoms with E-state index in [1.54, 1.807) is 0 Å². The van der Waals surface area contributed by atoms with Gasteiger partial charge in [0.1, 0.15) is 6.04 Å². The van der Waals surface area contributed by atoms with E-state index in [1.165, 1.54) is 18.1 Å². The zero-order valence-corrected chi connectivity index (χ0v) is 18.2. The van der Waals surface area contributed by atoms with Gasteiger partial charge in [0, 0.05) is 56.1 Å². The summed E-state index contributed by atoms with van der Waals surface area (Å²) in [4.78, 5) is 30.4. The Labute approximate surface area is 183 Å². The molecule has 0 fully saturated rings. The summed E-state index contributed by atoms with van der Waals surface area (Å²) in [6.45, 7) is 6.02. The highest BCUT2D eigenvalue weighted by Gasteiger charge is 2.24. The molecule has 1 aliphatic heterocycles. The van der Waals surface area contributed by atoms with Gasteiger partial charge in [-0.05, 0) is 36.1 Å². The van der Waals surface area contributed by atoms with Crippen LogP contribution in [-0.4, -0.2) is 46.9 Å². The third-order valence-electron chi connectivity index (χ3n) is 6.15. The van der Waals surface area contributed by atoms with Crippen LogP contribution in [0.2, 0.25) is 0 Å². The van der Waals surface area contributed by atoms with E-state index in [-0.39, 0.29) is 17.9 Å². The van der Waals surface area contributed by atoms with Gasteiger partial charge in [0.05, 0.1) is 0 Å². The lowest BCUT2D eigenvalue weighted by Gasteiger charge is -2.34. The standard InChI is InChI=1S/C25H30N4O2/c1-17(29-12-11-19-7-3-4-8-20(19)16-29)14-27-25(31)24(28-18(2)30)13-21-15-26-23-10-6-5-9-22(21)23/h3-10,15,17,24,26H,11-14,16H2,1-2H3,(H,27,31)(H,28,30). The Kier molecular flexibility index (Phi) is 6.37. The number of carbonyl (C=O) groups is 2. The van der Waals surface area contributed by atoms with Gasteiger partial charge in [-0.3, -0.25) is 14.5 Å². The summed E-state index contributed by atoms with van der Waals surface area (Å²) in [7, 11) is 0. The molecule has 0 saturated heterocycles. The number of fused-ring (bicyclic) bond motifs is 2. The molecule has 4 rings (SSSR count). The number of carbonyl (C=O) groups excluding carboxylic acids is 2. The maximum absolute atomic E-state index is 13.0. The van der Waals surface area contributed by atoms with Gasteiger partial charge in [0.2, 0.25) is 11.8 Å². The number of nitrogens with one attached hydrogen (secondary N) is 3. The number of benzene rings is 2. The minimum absolute atomic E-state index is 0.148. The smallest absolute Gasteiger partial charge is 0.242 e. The second-order valence-electron chi connectivity index (χ2n) is 8.40. The van der Waals surface area contributed by atoms with Crippen LogP contribution in [0.1, 0.15) is 30.5 Å². The lowest BCUT2D eigenvalue weighted by Crippen LogP contribution is -2.51. The van der Waals surface area contributed by atoms with Gasteiger partial charge in [-0.1, -0.05) is 42.5 Å². The fourth-order valence-corrected chi connectivity index (χ4v) is 4.37. The van der Waals surface area contributed by atoms with Gasteiger partial charge in [-0.25, -0.2) is 0 Å². The fraction of sp³-hybridized carbons (Fsp3) is 0.360. The van der Waals surface area contributed by atoms with Gasteiger partial charge in [-0.15, -0.1) is 0 Å². The van der Waals surface area contributed by atoms with E-state index in [0.717, 1.165) is 36.0 Å². The number of H-pyrrole nitrogens is 1. The first-order valence-electron chi connectivity index (χ1n) is 10.9. The number of hydrogen-bond acceptors (Lipinski definition) is 3. The number of aromatic nitrogens is 1. The van der Waals surface area contributed by atoms with Crippen LogP contribution in [0.5, 0.6) is 0 Å². The summed E-state index contributed by atoms with van der Waals surface area (Å²) < 4.78 is 0. The predicted molar refractivity (Wildman–Crippen MR) is 123 cm³/mol. The molecule has 0 bridgehead atoms. The van der Waals surface area contributed by atoms with Gasteiger partial charge in [0.15, 0.2) is 0 Å². The zero-order valence-electron chi connectivity index (χ0n) is 18.2. The lowest BCUT2D eigenvalue weighted by molar-refractivity contribution is -0.128. The first-order chi connectivity index (χ1) is 15.0. The van der Waals surface area contributed by atoms with E-state index in [2.05, 4.69) is 51.7 Å². The Bertz CT molecular complexity index is 1070. The van der Waals surface area contributed by atoms with Crippen LogP contribution in [0.3, 0.4) is 0 Å². The largest absolute Gasteiger partial charge is 0.361 e. The molecular formula is C25H30N4O2. The third-order valence-corrected chi connectivity index (χ3v) is 6.15. The first-order valence-corrected chi connectivity index (χ1v) is 10.9. The van der Waals surface area contributed by atoms with Crippen LogP contribution in [0.15, 0.2) is 54.7 Å². The normalized spacial score (nSPS) is 15.8. The monoisotopic (exact) mass is 418 g/mol. The molecule has 162 valence electrons. The van der Waals surface area contributed by atoms with Crippen molar-refractivity contribution in [1.29, 1.82) is 0 Å². The van der Waals surface area contributed by atoms with Crippen molar-refractivity contribution in [3.63, 3.8) is 0 Å². The van der Waals surface area contributed by atoms with Crippen molar-refractivity contribution in [3.8, 4) is 0 Å². The van der Waals surface area contributed by atoms with Crippen molar-refractivity contribution < 1.29 is 9.59 Å². The molecule has 0 radical (unpaired) electrons. The van der Waals surface area contributed by atoms with Crippen molar-refractivity contribution >= 4 is 22.7 Å². The van der Waals surface area contributed by atoms with Crippen LogP contribution in [0.4, 0.5) is 0 Å². The average Bonchev–Trinajstić information content (AvgIpc) is 3.19. The molecular weight excluding hydrogens is 388 g/mol. The molecule has 3 aromatic rings. The second-order valence-corrected chi connectivity index (χ2v) is 8.40. The molecule has 2 unspecified atom stereocenters. The van der Waals surface area contributed by atoms with E-state index in [0.29, 0.717) is 13.0 Å². The van der Waals surface area contributed by atoms with Crippen LogP contribution in [0, 0.1) is 0 Å². The number of rotatable bonds is 7. The minimum Gasteiger partial charge on any atom is -0.361 e. The molecule has 1 aromatic heterocycles. The van der Waals surface area contributed by atoms with E-state index >= 15 is 0 Å². The maximum atomic E-state index is 13.0. The maximum Gasteiger partial charge on any atom is 0.242 e. The second kappa shape index (κ2) is 9.35. The Morgan fingerprint density at radius 1 is 1.10 bits per heavy atom. The molecule has 2 atom stereocenters. The van der Waals surface area contributed by atoms with Crippen molar-refractivity contribution in [3.05, 3.63) is 71.4 Å². The molecule has 1 aliphatic rings. The number of para-hydroxylation sites is 1. The van der Waals surface area contributed by atoms with Gasteiger partial charge < -0.3 is 15.6 Å². The number of nitrogens with zero attached hydrogens (tertiary/aromatic N) is 1. The van der Waals surface area contributed by atoms with Crippen molar-refractivity contribution in [2.75, 3.05) is 13.1 Å². The van der Waals surface area contributed by atoms with Crippen LogP contribution >= 0.6 is 0 Å². The van der Waals surface area contributed by atoms with Gasteiger partial charge in [0.25, 0.3) is 0 Å². The SMILES string of the molecule is CC(=O)NC(Cc1c[nH]c2ccccc12)C(=O)NCC(C)N1CCc2ccccc2C1. The summed E-state index contributed by atoms with van der Waals surface area (Å²) in [6, 6.07) is 16.1. The van der Waals surface area contributed by atoms with E-state index in [9.17, 15) is 9.59 Å². The average molecular weight is 419 g/mol. The van der Waals surface area contributed by atoms with Crippen LogP contribution < -0.4 is 10.6 Å². The summed E-state index contributed by atoms with van der Waals surface area (Å²) in [5, 5.41) is 6.96. The number of aromatic amines is 1. The first kappa shape index (κ1) is 21.1. The lowest BCUT2D eigenvalue weighted by atomic mass is 9.99. The summed E-state index contributed by atoms with van der Waals surface area (Å²) in [5.74, 6) is -0.356. The molecule has 0 saturated carbocycles. The summed E-state index contributed by atoms with van der Waals surface area (Å²) in [6.07, 6.45) is 3.39. The Morgan fingerprint density at radius 3 is 2.65 bits per heavy atom. The van der Waals surface area contributed by atoms with Crippen molar-refractivity contribution in [1.82, 2.24) is 20.5 Å². The molecule has 3 N–H and O–H groups in total. The van der Waals surface area contributed by atoms with Crippen LogP contribution in [0.25, 0.3) is 10.9 Å². The van der Waals surface area contributed by atoms with Gasteiger partial charge in [-0.2, -0.15) is 0 Å². The third kappa shape index (κ3) is 4.97. The van der Waals surface area contributed by atoms with E-state index in [4.69, 9.17) is 0 Å². The molecule has 0 spiro atoms. The molecule has 6 heteroatoms. The highest BCUT2D eigenvalue weighted by Crippen LogP contribution is 2.21. The topological polar surface area (TPSA) is 77.2 Å². The molecule has 6 nitrogen and oxygen atoms in total. The Balaban J connectivity index is 1.38. The highest BCUT2D eigenvalue weighted by molar-refractivity contribution is 5.89. The molecule has 2 amide bonds. The molecule has 31 heavy (non-hydrogen) atoms. The van der Waals surface area contributed by atoms with E-state index in [1.807, 2.05) is 30.5 Å². The molecule has 0 aliphatic carbocycles. The van der Waals surface area contributed by atoms with Crippen molar-refractivity contribution in [2.45, 2.75) is 45.3 Å². The highest BCUT2D eigenvalue weighted by atomic mass is 16.2. The van der Waals surface area contributed by atoms with Gasteiger partial charge >= 0.3 is 0 Å². The number of hydrogen-bond donors (Lipinski definition) is 3. The van der Waals surface area contributed by atoms with Crippen molar-refractivity contribution in [2.24, 2.45) is 0 Å². The van der Waals surface area contributed by atoms with E-state index < -0.39 is 6.04 Å². The zero-order chi connectivity index (χ0) is 21.8. The Hall–Kier alpha value is -3.12. The quantitative estimate of drug-likeness (QED) is 0.552. The predicted octanol–water partition coefficient (Wildman–Crippen LogP) is 2.78. The summed E-state index contributed by atoms with van der Waals surface area (Å²) in [5.41, 5.74) is 4.82. The number of amides is 2. The fourth-order valence-electron chi connectivity index (χ4n) is 4.37. The molecule has 2 heterocycles. The molecule has 2 aromatic carbocycles. The summed E-state index contributed by atoms with van der Waals surface area (Å²) >= 11 is 0.